The van der Waals surface area contributed by atoms with E-state index in [0.29, 0.717) is 53.4 Å². The van der Waals surface area contributed by atoms with Crippen molar-refractivity contribution in [1.29, 1.82) is 0 Å². The standard InChI is InChI=1S/C21H26ClN5O3S/c1-4-27-14(2)13-16(24-27)20(28)26(8-7-25-9-11-30-12-10-25)21-23-18-17(29-3)6-5-15(22)19(18)31-21/h5-6,13H,4,7-12H2,1-3H3. The molecule has 2 aromatic heterocycles. The average molecular weight is 464 g/mol. The minimum Gasteiger partial charge on any atom is -0.494 e. The first-order valence-corrected chi connectivity index (χ1v) is 11.5. The monoisotopic (exact) mass is 463 g/mol. The Hall–Kier alpha value is -2.20. The van der Waals surface area contributed by atoms with Gasteiger partial charge in [0.25, 0.3) is 5.91 Å². The number of morpholine rings is 1. The van der Waals surface area contributed by atoms with Gasteiger partial charge in [-0.15, -0.1) is 0 Å². The van der Waals surface area contributed by atoms with E-state index in [1.165, 1.54) is 11.3 Å². The van der Waals surface area contributed by atoms with Crippen LogP contribution in [0.15, 0.2) is 18.2 Å². The number of halogens is 1. The Morgan fingerprint density at radius 1 is 1.35 bits per heavy atom. The number of nitrogens with zero attached hydrogens (tertiary/aromatic N) is 5. The number of amides is 1. The van der Waals surface area contributed by atoms with Crippen LogP contribution in [0.3, 0.4) is 0 Å². The lowest BCUT2D eigenvalue weighted by molar-refractivity contribution is 0.0391. The lowest BCUT2D eigenvalue weighted by Gasteiger charge is -2.29. The molecular formula is C21H26ClN5O3S. The molecule has 0 saturated carbocycles. The molecule has 4 rings (SSSR count). The number of aromatic nitrogens is 3. The van der Waals surface area contributed by atoms with Gasteiger partial charge < -0.3 is 9.47 Å². The van der Waals surface area contributed by atoms with E-state index in [1.807, 2.05) is 24.6 Å². The Balaban J connectivity index is 1.69. The maximum Gasteiger partial charge on any atom is 0.280 e. The van der Waals surface area contributed by atoms with Crippen LogP contribution in [-0.2, 0) is 11.3 Å². The Kier molecular flexibility index (Phi) is 6.76. The maximum atomic E-state index is 13.5. The van der Waals surface area contributed by atoms with Crippen molar-refractivity contribution < 1.29 is 14.3 Å². The van der Waals surface area contributed by atoms with Crippen molar-refractivity contribution in [2.75, 3.05) is 51.4 Å². The second-order valence-corrected chi connectivity index (χ2v) is 8.71. The van der Waals surface area contributed by atoms with Crippen molar-refractivity contribution in [3.63, 3.8) is 0 Å². The summed E-state index contributed by atoms with van der Waals surface area (Å²) in [6.45, 7) is 9.01. The third kappa shape index (κ3) is 4.55. The van der Waals surface area contributed by atoms with Gasteiger partial charge in [0, 0.05) is 38.4 Å². The zero-order valence-corrected chi connectivity index (χ0v) is 19.5. The zero-order valence-electron chi connectivity index (χ0n) is 17.9. The number of rotatable bonds is 7. The van der Waals surface area contributed by atoms with Crippen LogP contribution in [0.5, 0.6) is 5.75 Å². The molecule has 1 aromatic carbocycles. The van der Waals surface area contributed by atoms with E-state index in [2.05, 4.69) is 10.00 Å². The number of aryl methyl sites for hydroxylation is 2. The molecule has 0 atom stereocenters. The molecule has 8 nitrogen and oxygen atoms in total. The average Bonchev–Trinajstić information content (AvgIpc) is 3.39. The molecule has 31 heavy (non-hydrogen) atoms. The number of carbonyl (C=O) groups excluding carboxylic acids is 1. The van der Waals surface area contributed by atoms with Crippen LogP contribution in [0, 0.1) is 6.92 Å². The summed E-state index contributed by atoms with van der Waals surface area (Å²) in [5, 5.41) is 5.67. The third-order valence-corrected chi connectivity index (χ3v) is 6.93. The summed E-state index contributed by atoms with van der Waals surface area (Å²) in [4.78, 5) is 22.3. The second kappa shape index (κ2) is 9.52. The lowest BCUT2D eigenvalue weighted by atomic mass is 10.3. The highest BCUT2D eigenvalue weighted by molar-refractivity contribution is 7.23. The molecule has 3 aromatic rings. The van der Waals surface area contributed by atoms with Crippen LogP contribution in [0.2, 0.25) is 5.02 Å². The number of benzene rings is 1. The SMILES string of the molecule is CCn1nc(C(=O)N(CCN2CCOCC2)c2nc3c(OC)ccc(Cl)c3s2)cc1C. The van der Waals surface area contributed by atoms with Crippen LogP contribution >= 0.6 is 22.9 Å². The molecule has 1 aliphatic heterocycles. The van der Waals surface area contributed by atoms with Crippen LogP contribution in [0.4, 0.5) is 5.13 Å². The first-order chi connectivity index (χ1) is 15.0. The summed E-state index contributed by atoms with van der Waals surface area (Å²) in [5.74, 6) is 0.464. The number of ether oxygens (including phenoxy) is 2. The highest BCUT2D eigenvalue weighted by Crippen LogP contribution is 2.39. The molecule has 0 aliphatic carbocycles. The molecule has 0 unspecified atom stereocenters. The number of hydrogen-bond donors (Lipinski definition) is 0. The summed E-state index contributed by atoms with van der Waals surface area (Å²) in [7, 11) is 1.60. The Bertz CT molecular complexity index is 1080. The largest absolute Gasteiger partial charge is 0.494 e. The molecule has 0 spiro atoms. The summed E-state index contributed by atoms with van der Waals surface area (Å²) in [6.07, 6.45) is 0. The summed E-state index contributed by atoms with van der Waals surface area (Å²) < 4.78 is 13.5. The van der Waals surface area contributed by atoms with Crippen LogP contribution in [-0.4, -0.2) is 72.1 Å². The predicted octanol–water partition coefficient (Wildman–Crippen LogP) is 3.46. The number of carbonyl (C=O) groups is 1. The molecule has 1 fully saturated rings. The van der Waals surface area contributed by atoms with E-state index in [1.54, 1.807) is 24.1 Å². The van der Waals surface area contributed by atoms with Gasteiger partial charge in [0.05, 0.1) is 30.0 Å². The topological polar surface area (TPSA) is 72.7 Å². The van der Waals surface area contributed by atoms with Crippen molar-refractivity contribution >= 4 is 44.2 Å². The van der Waals surface area contributed by atoms with Gasteiger partial charge in [-0.05, 0) is 32.0 Å². The van der Waals surface area contributed by atoms with Gasteiger partial charge in [-0.25, -0.2) is 4.98 Å². The zero-order chi connectivity index (χ0) is 22.0. The highest BCUT2D eigenvalue weighted by Gasteiger charge is 2.26. The molecule has 3 heterocycles. The number of thiazole rings is 1. The minimum atomic E-state index is -0.169. The lowest BCUT2D eigenvalue weighted by Crippen LogP contribution is -2.43. The van der Waals surface area contributed by atoms with Crippen molar-refractivity contribution in [1.82, 2.24) is 19.7 Å². The molecule has 10 heteroatoms. The Morgan fingerprint density at radius 2 is 2.13 bits per heavy atom. The van der Waals surface area contributed by atoms with Crippen molar-refractivity contribution in [3.05, 3.63) is 34.6 Å². The molecule has 1 aliphatic rings. The van der Waals surface area contributed by atoms with Crippen molar-refractivity contribution in [2.45, 2.75) is 20.4 Å². The number of anilines is 1. The predicted molar refractivity (Wildman–Crippen MR) is 123 cm³/mol. The first-order valence-electron chi connectivity index (χ1n) is 10.3. The molecular weight excluding hydrogens is 438 g/mol. The van der Waals surface area contributed by atoms with E-state index < -0.39 is 0 Å². The fourth-order valence-corrected chi connectivity index (χ4v) is 4.93. The van der Waals surface area contributed by atoms with E-state index in [4.69, 9.17) is 26.1 Å². The smallest absolute Gasteiger partial charge is 0.280 e. The molecule has 0 bridgehead atoms. The normalized spacial score (nSPS) is 14.8. The summed E-state index contributed by atoms with van der Waals surface area (Å²) >= 11 is 7.81. The van der Waals surface area contributed by atoms with Crippen molar-refractivity contribution in [2.24, 2.45) is 0 Å². The fourth-order valence-electron chi connectivity index (χ4n) is 3.64. The van der Waals surface area contributed by atoms with Crippen LogP contribution < -0.4 is 9.64 Å². The first kappa shape index (κ1) is 22.0. The minimum absolute atomic E-state index is 0.169. The van der Waals surface area contributed by atoms with E-state index in [9.17, 15) is 4.79 Å². The number of fused-ring (bicyclic) bond motifs is 1. The van der Waals surface area contributed by atoms with Crippen LogP contribution in [0.25, 0.3) is 10.2 Å². The van der Waals surface area contributed by atoms with Gasteiger partial charge in [-0.2, -0.15) is 5.10 Å². The summed E-state index contributed by atoms with van der Waals surface area (Å²) in [6, 6.07) is 5.41. The second-order valence-electron chi connectivity index (χ2n) is 7.32. The van der Waals surface area contributed by atoms with Crippen molar-refractivity contribution in [3.8, 4) is 5.75 Å². The molecule has 1 amide bonds. The third-order valence-electron chi connectivity index (χ3n) is 5.39. The van der Waals surface area contributed by atoms with Gasteiger partial charge in [-0.3, -0.25) is 19.3 Å². The molecule has 0 N–H and O–H groups in total. The fraction of sp³-hybridized carbons (Fsp3) is 0.476. The van der Waals surface area contributed by atoms with Gasteiger partial charge in [-0.1, -0.05) is 22.9 Å². The molecule has 166 valence electrons. The van der Waals surface area contributed by atoms with Gasteiger partial charge in [0.2, 0.25) is 0 Å². The molecule has 1 saturated heterocycles. The quantitative estimate of drug-likeness (QED) is 0.534. The number of hydrogen-bond acceptors (Lipinski definition) is 7. The molecule has 0 radical (unpaired) electrons. The van der Waals surface area contributed by atoms with E-state index in [0.717, 1.165) is 30.0 Å². The number of methoxy groups -OCH3 is 1. The Labute approximate surface area is 190 Å². The van der Waals surface area contributed by atoms with Crippen LogP contribution in [0.1, 0.15) is 23.1 Å². The van der Waals surface area contributed by atoms with E-state index >= 15 is 0 Å². The maximum absolute atomic E-state index is 13.5. The summed E-state index contributed by atoms with van der Waals surface area (Å²) in [5.41, 5.74) is 2.03. The highest BCUT2D eigenvalue weighted by atomic mass is 35.5. The van der Waals surface area contributed by atoms with E-state index in [-0.39, 0.29) is 5.91 Å². The van der Waals surface area contributed by atoms with Gasteiger partial charge >= 0.3 is 0 Å². The van der Waals surface area contributed by atoms with Gasteiger partial charge in [0.1, 0.15) is 11.3 Å². The van der Waals surface area contributed by atoms with Gasteiger partial charge in [0.15, 0.2) is 10.8 Å². The Morgan fingerprint density at radius 3 is 2.81 bits per heavy atom.